The molecule has 3 amide bonds. The lowest BCUT2D eigenvalue weighted by Gasteiger charge is -2.23. The highest BCUT2D eigenvalue weighted by Crippen LogP contribution is 2.19. The molecule has 0 saturated carbocycles. The SMILES string of the molecule is C=CCCCC(=O)OC[C@H](NC(=O)[C@@H](CC=C)CC(=O)N[C@H](CO)Cc1ccccc1)C(=O)Nc1ccc2ccccc2c1. The Morgan fingerprint density at radius 3 is 2.30 bits per heavy atom. The third kappa shape index (κ3) is 11.1. The molecule has 0 radical (unpaired) electrons. The van der Waals surface area contributed by atoms with Gasteiger partial charge in [-0.25, -0.2) is 0 Å². The Balaban J connectivity index is 1.68. The van der Waals surface area contributed by atoms with Crippen molar-refractivity contribution >= 4 is 40.2 Å². The molecule has 9 heteroatoms. The Hall–Kier alpha value is -4.76. The molecule has 0 aliphatic rings. The number of fused-ring (bicyclic) bond motifs is 1. The lowest BCUT2D eigenvalue weighted by molar-refractivity contribution is -0.146. The summed E-state index contributed by atoms with van der Waals surface area (Å²) in [5, 5.41) is 20.0. The molecule has 3 atom stereocenters. The molecule has 4 N–H and O–H groups in total. The van der Waals surface area contributed by atoms with Crippen molar-refractivity contribution in [3.63, 3.8) is 0 Å². The van der Waals surface area contributed by atoms with Crippen molar-refractivity contribution in [1.82, 2.24) is 10.6 Å². The molecule has 0 aliphatic heterocycles. The molecule has 0 aromatic heterocycles. The summed E-state index contributed by atoms with van der Waals surface area (Å²) in [6.45, 7) is 6.69. The highest BCUT2D eigenvalue weighted by atomic mass is 16.5. The van der Waals surface area contributed by atoms with E-state index in [0.29, 0.717) is 24.9 Å². The zero-order chi connectivity index (χ0) is 31.7. The zero-order valence-electron chi connectivity index (χ0n) is 24.9. The number of rotatable bonds is 18. The number of carbonyl (C=O) groups excluding carboxylic acids is 4. The Morgan fingerprint density at radius 1 is 0.864 bits per heavy atom. The third-order valence-corrected chi connectivity index (χ3v) is 7.01. The van der Waals surface area contributed by atoms with Crippen LogP contribution in [-0.4, -0.2) is 54.1 Å². The fourth-order valence-corrected chi connectivity index (χ4v) is 4.66. The summed E-state index contributed by atoms with van der Waals surface area (Å²) < 4.78 is 5.35. The summed E-state index contributed by atoms with van der Waals surface area (Å²) in [5.74, 6) is -2.90. The number of anilines is 1. The first-order valence-electron chi connectivity index (χ1n) is 14.7. The van der Waals surface area contributed by atoms with E-state index in [2.05, 4.69) is 29.1 Å². The molecule has 232 valence electrons. The Morgan fingerprint density at radius 2 is 1.59 bits per heavy atom. The van der Waals surface area contributed by atoms with Gasteiger partial charge in [0.1, 0.15) is 12.6 Å². The lowest BCUT2D eigenvalue weighted by Crippen LogP contribution is -2.49. The summed E-state index contributed by atoms with van der Waals surface area (Å²) in [5.41, 5.74) is 1.47. The number of hydrogen-bond donors (Lipinski definition) is 4. The number of allylic oxidation sites excluding steroid dienone is 2. The van der Waals surface area contributed by atoms with Crippen molar-refractivity contribution in [2.75, 3.05) is 18.5 Å². The van der Waals surface area contributed by atoms with Crippen LogP contribution >= 0.6 is 0 Å². The van der Waals surface area contributed by atoms with Gasteiger partial charge in [0.25, 0.3) is 5.91 Å². The van der Waals surface area contributed by atoms with Crippen LogP contribution in [0.25, 0.3) is 10.8 Å². The maximum absolute atomic E-state index is 13.4. The van der Waals surface area contributed by atoms with Gasteiger partial charge in [0, 0.05) is 18.5 Å². The van der Waals surface area contributed by atoms with E-state index in [9.17, 15) is 24.3 Å². The molecular weight excluding hydrogens is 558 g/mol. The molecule has 0 saturated heterocycles. The predicted molar refractivity (Wildman–Crippen MR) is 172 cm³/mol. The van der Waals surface area contributed by atoms with Gasteiger partial charge in [-0.1, -0.05) is 72.8 Å². The highest BCUT2D eigenvalue weighted by Gasteiger charge is 2.28. The predicted octanol–water partition coefficient (Wildman–Crippen LogP) is 4.46. The van der Waals surface area contributed by atoms with Gasteiger partial charge in [0.2, 0.25) is 11.8 Å². The van der Waals surface area contributed by atoms with Crippen LogP contribution in [0, 0.1) is 5.92 Å². The van der Waals surface area contributed by atoms with E-state index in [1.807, 2.05) is 66.7 Å². The van der Waals surface area contributed by atoms with Crippen molar-refractivity contribution in [3.05, 3.63) is 104 Å². The van der Waals surface area contributed by atoms with Crippen LogP contribution in [0.1, 0.15) is 37.7 Å². The van der Waals surface area contributed by atoms with Crippen molar-refractivity contribution < 1.29 is 29.0 Å². The van der Waals surface area contributed by atoms with Gasteiger partial charge in [-0.2, -0.15) is 0 Å². The fraction of sp³-hybridized carbons (Fsp3) is 0.314. The second-order valence-electron chi connectivity index (χ2n) is 10.5. The van der Waals surface area contributed by atoms with Crippen LogP contribution in [0.5, 0.6) is 0 Å². The second kappa shape index (κ2) is 18.0. The number of aliphatic hydroxyl groups is 1. The smallest absolute Gasteiger partial charge is 0.305 e. The van der Waals surface area contributed by atoms with Gasteiger partial charge < -0.3 is 25.8 Å². The molecule has 3 aromatic rings. The summed E-state index contributed by atoms with van der Waals surface area (Å²) in [6, 6.07) is 20.8. The van der Waals surface area contributed by atoms with Crippen LogP contribution in [0.3, 0.4) is 0 Å². The molecule has 3 rings (SSSR count). The van der Waals surface area contributed by atoms with Gasteiger partial charge in [-0.3, -0.25) is 19.2 Å². The Kier molecular flexibility index (Phi) is 13.8. The number of amides is 3. The van der Waals surface area contributed by atoms with Crippen LogP contribution in [0.2, 0.25) is 0 Å². The molecule has 0 heterocycles. The van der Waals surface area contributed by atoms with Crippen molar-refractivity contribution in [3.8, 4) is 0 Å². The Labute approximate surface area is 258 Å². The van der Waals surface area contributed by atoms with Crippen molar-refractivity contribution in [1.29, 1.82) is 0 Å². The molecule has 0 fully saturated rings. The van der Waals surface area contributed by atoms with Crippen molar-refractivity contribution in [2.24, 2.45) is 5.92 Å². The molecule has 0 spiro atoms. The number of hydrogen-bond acceptors (Lipinski definition) is 6. The van der Waals surface area contributed by atoms with Gasteiger partial charge >= 0.3 is 5.97 Å². The van der Waals surface area contributed by atoms with Gasteiger partial charge in [-0.15, -0.1) is 13.2 Å². The number of benzene rings is 3. The van der Waals surface area contributed by atoms with E-state index in [1.54, 1.807) is 12.1 Å². The largest absolute Gasteiger partial charge is 0.463 e. The molecule has 0 bridgehead atoms. The zero-order valence-corrected chi connectivity index (χ0v) is 24.9. The maximum atomic E-state index is 13.4. The number of carbonyl (C=O) groups is 4. The standard InChI is InChI=1S/C35H41N3O6/c1-3-5-7-17-33(41)44-24-31(35(43)37-29-19-18-26-15-10-11-16-27(26)21-29)38-34(42)28(12-4-2)22-32(40)36-30(23-39)20-25-13-8-6-9-14-25/h3-4,6,8-11,13-16,18-19,21,28,30-31,39H,1-2,5,7,12,17,20,22-24H2,(H,36,40)(H,37,43)(H,38,42)/t28-,30-,31-/m0/s1. The molecule has 9 nitrogen and oxygen atoms in total. The summed E-state index contributed by atoms with van der Waals surface area (Å²) in [6.07, 6.45) is 4.97. The van der Waals surface area contributed by atoms with Gasteiger partial charge in [0.05, 0.1) is 18.6 Å². The monoisotopic (exact) mass is 599 g/mol. The van der Waals surface area contributed by atoms with E-state index in [1.165, 1.54) is 6.08 Å². The average molecular weight is 600 g/mol. The third-order valence-electron chi connectivity index (χ3n) is 7.01. The fourth-order valence-electron chi connectivity index (χ4n) is 4.66. The van der Waals surface area contributed by atoms with Gasteiger partial charge in [-0.05, 0) is 54.2 Å². The van der Waals surface area contributed by atoms with E-state index < -0.39 is 41.7 Å². The summed E-state index contributed by atoms with van der Waals surface area (Å²) in [7, 11) is 0. The second-order valence-corrected chi connectivity index (χ2v) is 10.5. The molecule has 44 heavy (non-hydrogen) atoms. The number of esters is 1. The van der Waals surface area contributed by atoms with Crippen molar-refractivity contribution in [2.45, 2.75) is 50.6 Å². The summed E-state index contributed by atoms with van der Waals surface area (Å²) in [4.78, 5) is 52.0. The Bertz CT molecular complexity index is 1420. The van der Waals surface area contributed by atoms with E-state index in [-0.39, 0.29) is 32.5 Å². The topological polar surface area (TPSA) is 134 Å². The van der Waals surface area contributed by atoms with Crippen LogP contribution in [-0.2, 0) is 30.3 Å². The first kappa shape index (κ1) is 33.7. The van der Waals surface area contributed by atoms with E-state index in [4.69, 9.17) is 4.74 Å². The normalized spacial score (nSPS) is 12.8. The minimum atomic E-state index is -1.21. The summed E-state index contributed by atoms with van der Waals surface area (Å²) >= 11 is 0. The average Bonchev–Trinajstić information content (AvgIpc) is 3.02. The van der Waals surface area contributed by atoms with Crippen LogP contribution < -0.4 is 16.0 Å². The van der Waals surface area contributed by atoms with E-state index >= 15 is 0 Å². The molecule has 0 aliphatic carbocycles. The van der Waals surface area contributed by atoms with Gasteiger partial charge in [0.15, 0.2) is 0 Å². The number of ether oxygens (including phenoxy) is 1. The maximum Gasteiger partial charge on any atom is 0.305 e. The van der Waals surface area contributed by atoms with Crippen LogP contribution in [0.15, 0.2) is 98.1 Å². The number of unbranched alkanes of at least 4 members (excludes halogenated alkanes) is 1. The van der Waals surface area contributed by atoms with E-state index in [0.717, 1.165) is 16.3 Å². The molecule has 0 unspecified atom stereocenters. The first-order chi connectivity index (χ1) is 21.3. The minimum Gasteiger partial charge on any atom is -0.463 e. The lowest BCUT2D eigenvalue weighted by atomic mass is 9.98. The number of nitrogens with one attached hydrogen (secondary N) is 3. The number of aliphatic hydroxyl groups excluding tert-OH is 1. The minimum absolute atomic E-state index is 0.146. The first-order valence-corrected chi connectivity index (χ1v) is 14.7. The van der Waals surface area contributed by atoms with Crippen LogP contribution in [0.4, 0.5) is 5.69 Å². The molecule has 3 aromatic carbocycles. The molecular formula is C35H41N3O6. The highest BCUT2D eigenvalue weighted by molar-refractivity contribution is 5.99. The quantitative estimate of drug-likeness (QED) is 0.0969.